The number of fused-ring (bicyclic) bond motifs is 1. The first-order valence-electron chi connectivity index (χ1n) is 12.4. The van der Waals surface area contributed by atoms with E-state index in [-0.39, 0.29) is 6.03 Å². The monoisotopic (exact) mass is 566 g/mol. The lowest BCUT2D eigenvalue weighted by atomic mass is 9.93. The maximum atomic E-state index is 13.3. The number of rotatable bonds is 5. The lowest BCUT2D eigenvalue weighted by molar-refractivity contribution is 0.246. The molecule has 194 valence electrons. The third kappa shape index (κ3) is 4.71. The Morgan fingerprint density at radius 3 is 2.29 bits per heavy atom. The summed E-state index contributed by atoms with van der Waals surface area (Å²) in [5.41, 5.74) is 5.15. The van der Waals surface area contributed by atoms with Crippen LogP contribution in [0.15, 0.2) is 66.9 Å². The van der Waals surface area contributed by atoms with E-state index in [0.717, 1.165) is 66.5 Å². The SMILES string of the molecule is O=C1NCc2c(-c3ccccc3Cl)cc(CN3CCN(c4ccn[nH]4)CC3)cc2N1c1c(Cl)cccc1Cl. The van der Waals surface area contributed by atoms with Crippen LogP contribution in [0.1, 0.15) is 11.1 Å². The lowest BCUT2D eigenvalue weighted by Gasteiger charge is -2.36. The zero-order valence-electron chi connectivity index (χ0n) is 20.4. The molecule has 0 radical (unpaired) electrons. The number of anilines is 3. The van der Waals surface area contributed by atoms with Crippen molar-refractivity contribution in [3.05, 3.63) is 93.1 Å². The van der Waals surface area contributed by atoms with Crippen LogP contribution in [-0.4, -0.2) is 47.3 Å². The number of hydrogen-bond acceptors (Lipinski definition) is 4. The Morgan fingerprint density at radius 1 is 0.842 bits per heavy atom. The Hall–Kier alpha value is -3.23. The number of nitrogens with zero attached hydrogens (tertiary/aromatic N) is 4. The van der Waals surface area contributed by atoms with Gasteiger partial charge in [0, 0.05) is 61.5 Å². The van der Waals surface area contributed by atoms with Crippen molar-refractivity contribution < 1.29 is 4.79 Å². The summed E-state index contributed by atoms with van der Waals surface area (Å²) in [6.07, 6.45) is 1.78. The van der Waals surface area contributed by atoms with Crippen LogP contribution in [0.3, 0.4) is 0 Å². The largest absolute Gasteiger partial charge is 0.354 e. The molecular formula is C28H25Cl3N6O. The number of para-hydroxylation sites is 1. The van der Waals surface area contributed by atoms with Gasteiger partial charge in [0.05, 0.1) is 27.6 Å². The minimum atomic E-state index is -0.275. The minimum Gasteiger partial charge on any atom is -0.354 e. The molecule has 2 amide bonds. The second-order valence-electron chi connectivity index (χ2n) is 9.39. The molecule has 2 aliphatic rings. The predicted molar refractivity (Wildman–Crippen MR) is 154 cm³/mol. The highest BCUT2D eigenvalue weighted by Crippen LogP contribution is 2.44. The van der Waals surface area contributed by atoms with Gasteiger partial charge in [-0.25, -0.2) is 4.79 Å². The third-order valence-electron chi connectivity index (χ3n) is 7.08. The van der Waals surface area contributed by atoms with E-state index in [1.54, 1.807) is 29.3 Å². The molecule has 2 N–H and O–H groups in total. The van der Waals surface area contributed by atoms with Gasteiger partial charge in [-0.05, 0) is 41.5 Å². The van der Waals surface area contributed by atoms with E-state index in [1.807, 2.05) is 30.3 Å². The topological polar surface area (TPSA) is 67.5 Å². The molecule has 0 saturated carbocycles. The molecule has 7 nitrogen and oxygen atoms in total. The molecular weight excluding hydrogens is 543 g/mol. The summed E-state index contributed by atoms with van der Waals surface area (Å²) in [6.45, 7) is 4.70. The third-order valence-corrected chi connectivity index (χ3v) is 8.02. The van der Waals surface area contributed by atoms with Gasteiger partial charge in [0.15, 0.2) is 0 Å². The average molecular weight is 568 g/mol. The van der Waals surface area contributed by atoms with Crippen molar-refractivity contribution in [3.8, 4) is 11.1 Å². The summed E-state index contributed by atoms with van der Waals surface area (Å²) >= 11 is 19.8. The zero-order chi connectivity index (χ0) is 26.2. The van der Waals surface area contributed by atoms with E-state index in [9.17, 15) is 4.79 Å². The molecule has 2 aliphatic heterocycles. The number of H-pyrrole nitrogens is 1. The number of aromatic nitrogens is 2. The van der Waals surface area contributed by atoms with Gasteiger partial charge in [-0.2, -0.15) is 5.10 Å². The molecule has 10 heteroatoms. The van der Waals surface area contributed by atoms with Gasteiger partial charge in [-0.15, -0.1) is 0 Å². The van der Waals surface area contributed by atoms with E-state index in [1.165, 1.54) is 0 Å². The predicted octanol–water partition coefficient (Wildman–Crippen LogP) is 6.72. The number of piperazine rings is 1. The Morgan fingerprint density at radius 2 is 1.58 bits per heavy atom. The number of carbonyl (C=O) groups is 1. The standard InChI is InChI=1S/C28H25Cl3N6O/c29-22-5-2-1-4-19(22)20-14-18(17-35-10-12-36(13-11-35)26-8-9-33-34-26)15-25-21(20)16-32-28(38)37(25)27-23(30)6-3-7-24(27)31/h1-9,14-15H,10-13,16-17H2,(H,32,38)(H,33,34). The molecule has 38 heavy (non-hydrogen) atoms. The highest BCUT2D eigenvalue weighted by molar-refractivity contribution is 6.40. The molecule has 1 aromatic heterocycles. The van der Waals surface area contributed by atoms with E-state index < -0.39 is 0 Å². The van der Waals surface area contributed by atoms with Gasteiger partial charge in [0.25, 0.3) is 0 Å². The normalized spacial score (nSPS) is 15.9. The first kappa shape index (κ1) is 25.1. The average Bonchev–Trinajstić information content (AvgIpc) is 3.45. The van der Waals surface area contributed by atoms with Crippen molar-refractivity contribution in [1.29, 1.82) is 0 Å². The van der Waals surface area contributed by atoms with Crippen molar-refractivity contribution in [2.45, 2.75) is 13.1 Å². The zero-order valence-corrected chi connectivity index (χ0v) is 22.7. The maximum Gasteiger partial charge on any atom is 0.326 e. The second-order valence-corrected chi connectivity index (χ2v) is 10.6. The Bertz CT molecular complexity index is 1460. The van der Waals surface area contributed by atoms with E-state index in [4.69, 9.17) is 34.8 Å². The van der Waals surface area contributed by atoms with Crippen LogP contribution in [-0.2, 0) is 13.1 Å². The summed E-state index contributed by atoms with van der Waals surface area (Å²) in [5, 5.41) is 11.6. The first-order chi connectivity index (χ1) is 18.5. The number of nitrogens with one attached hydrogen (secondary N) is 2. The van der Waals surface area contributed by atoms with Crippen LogP contribution in [0.5, 0.6) is 0 Å². The maximum absolute atomic E-state index is 13.3. The molecule has 0 aliphatic carbocycles. The van der Waals surface area contributed by atoms with Crippen LogP contribution in [0.4, 0.5) is 22.0 Å². The summed E-state index contributed by atoms with van der Waals surface area (Å²) in [5.74, 6) is 1.04. The first-order valence-corrected chi connectivity index (χ1v) is 13.5. The van der Waals surface area contributed by atoms with Crippen LogP contribution in [0.25, 0.3) is 11.1 Å². The van der Waals surface area contributed by atoms with Crippen molar-refractivity contribution in [2.24, 2.45) is 0 Å². The number of halogens is 3. The van der Waals surface area contributed by atoms with Gasteiger partial charge >= 0.3 is 6.03 Å². The summed E-state index contributed by atoms with van der Waals surface area (Å²) in [7, 11) is 0. The number of benzene rings is 3. The van der Waals surface area contributed by atoms with Gasteiger partial charge < -0.3 is 10.2 Å². The molecule has 6 rings (SSSR count). The molecule has 3 aromatic carbocycles. The molecule has 0 atom stereocenters. The van der Waals surface area contributed by atoms with E-state index in [0.29, 0.717) is 27.3 Å². The van der Waals surface area contributed by atoms with Crippen molar-refractivity contribution in [3.63, 3.8) is 0 Å². The van der Waals surface area contributed by atoms with Crippen LogP contribution in [0.2, 0.25) is 15.1 Å². The van der Waals surface area contributed by atoms with Gasteiger partial charge in [0.2, 0.25) is 0 Å². The number of carbonyl (C=O) groups excluding carboxylic acids is 1. The Balaban J connectivity index is 1.41. The van der Waals surface area contributed by atoms with Crippen LogP contribution < -0.4 is 15.1 Å². The van der Waals surface area contributed by atoms with Crippen molar-refractivity contribution >= 4 is 58.0 Å². The quantitative estimate of drug-likeness (QED) is 0.281. The molecule has 0 bridgehead atoms. The summed E-state index contributed by atoms with van der Waals surface area (Å²) in [4.78, 5) is 19.6. The van der Waals surface area contributed by atoms with Crippen LogP contribution in [0, 0.1) is 0 Å². The fourth-order valence-corrected chi connectivity index (χ4v) is 6.02. The number of hydrogen-bond donors (Lipinski definition) is 2. The smallest absolute Gasteiger partial charge is 0.326 e. The highest BCUT2D eigenvalue weighted by Gasteiger charge is 2.31. The molecule has 3 heterocycles. The molecule has 0 unspecified atom stereocenters. The van der Waals surface area contributed by atoms with E-state index in [2.05, 4.69) is 37.4 Å². The Labute approximate surface area is 235 Å². The fraction of sp³-hybridized carbons (Fsp3) is 0.214. The highest BCUT2D eigenvalue weighted by atomic mass is 35.5. The van der Waals surface area contributed by atoms with Gasteiger partial charge in [-0.3, -0.25) is 14.9 Å². The molecule has 1 fully saturated rings. The Kier molecular flexibility index (Phi) is 6.93. The van der Waals surface area contributed by atoms with Gasteiger partial charge in [-0.1, -0.05) is 59.1 Å². The second kappa shape index (κ2) is 10.5. The molecule has 0 spiro atoms. The minimum absolute atomic E-state index is 0.275. The van der Waals surface area contributed by atoms with E-state index >= 15 is 0 Å². The summed E-state index contributed by atoms with van der Waals surface area (Å²) < 4.78 is 0. The van der Waals surface area contributed by atoms with Gasteiger partial charge in [0.1, 0.15) is 5.82 Å². The van der Waals surface area contributed by atoms with Crippen molar-refractivity contribution in [1.82, 2.24) is 20.4 Å². The molecule has 1 saturated heterocycles. The number of urea groups is 1. The number of aromatic amines is 1. The molecule has 4 aromatic rings. The number of amides is 2. The fourth-order valence-electron chi connectivity index (χ4n) is 5.22. The summed E-state index contributed by atoms with van der Waals surface area (Å²) in [6, 6.07) is 19.0. The van der Waals surface area contributed by atoms with Crippen LogP contribution >= 0.6 is 34.8 Å². The lowest BCUT2D eigenvalue weighted by Crippen LogP contribution is -2.46. The van der Waals surface area contributed by atoms with Crippen molar-refractivity contribution in [2.75, 3.05) is 36.0 Å².